The average molecular weight is 455 g/mol. The van der Waals surface area contributed by atoms with E-state index >= 15 is 0 Å². The van der Waals surface area contributed by atoms with E-state index in [9.17, 15) is 24.5 Å². The molecule has 10 nitrogen and oxygen atoms in total. The molecule has 0 spiro atoms. The van der Waals surface area contributed by atoms with Crippen molar-refractivity contribution in [1.29, 1.82) is 0 Å². The van der Waals surface area contributed by atoms with Crippen LogP contribution in [0.2, 0.25) is 0 Å². The van der Waals surface area contributed by atoms with Crippen molar-refractivity contribution in [2.75, 3.05) is 14.2 Å². The van der Waals surface area contributed by atoms with E-state index in [0.29, 0.717) is 21.3 Å². The van der Waals surface area contributed by atoms with Gasteiger partial charge in [0.25, 0.3) is 11.6 Å². The van der Waals surface area contributed by atoms with E-state index in [0.717, 1.165) is 11.3 Å². The Morgan fingerprint density at radius 3 is 2.62 bits per heavy atom. The Kier molecular flexibility index (Phi) is 6.90. The first-order chi connectivity index (χ1) is 15.3. The predicted octanol–water partition coefficient (Wildman–Crippen LogP) is 2.71. The Morgan fingerprint density at radius 1 is 1.16 bits per heavy atom. The molecule has 0 fully saturated rings. The van der Waals surface area contributed by atoms with Crippen LogP contribution in [0.1, 0.15) is 15.9 Å². The van der Waals surface area contributed by atoms with Crippen molar-refractivity contribution in [3.8, 4) is 0 Å². The number of fused-ring (bicyclic) bond motifs is 1. The van der Waals surface area contributed by atoms with Crippen molar-refractivity contribution in [3.63, 3.8) is 0 Å². The standard InChI is InChI=1S/C21H17N3O7S/c1-30-19(26)12-23-16-8-7-14(20(27)31-2)11-17(16)32-21(23)22-18(25)9-6-13-4-3-5-15(10-13)24(28)29/h3-11H,12H2,1-2H3/b9-6+,22-21?. The van der Waals surface area contributed by atoms with E-state index < -0.39 is 22.8 Å². The molecule has 0 radical (unpaired) electrons. The molecule has 0 unspecified atom stereocenters. The number of non-ortho nitro benzene ring substituents is 1. The molecule has 0 N–H and O–H groups in total. The van der Waals surface area contributed by atoms with E-state index in [1.165, 1.54) is 49.1 Å². The lowest BCUT2D eigenvalue weighted by Crippen LogP contribution is -2.22. The molecule has 0 aliphatic carbocycles. The molecular formula is C21H17N3O7S. The third-order valence-corrected chi connectivity index (χ3v) is 5.37. The lowest BCUT2D eigenvalue weighted by atomic mass is 10.2. The second-order valence-corrected chi connectivity index (χ2v) is 7.37. The van der Waals surface area contributed by atoms with Crippen molar-refractivity contribution >= 4 is 51.2 Å². The van der Waals surface area contributed by atoms with Gasteiger partial charge >= 0.3 is 11.9 Å². The molecule has 0 atom stereocenters. The zero-order valence-electron chi connectivity index (χ0n) is 17.0. The number of methoxy groups -OCH3 is 2. The zero-order valence-corrected chi connectivity index (χ0v) is 17.8. The summed E-state index contributed by atoms with van der Waals surface area (Å²) in [4.78, 5) is 50.7. The van der Waals surface area contributed by atoms with Gasteiger partial charge in [-0.05, 0) is 29.8 Å². The molecular weight excluding hydrogens is 438 g/mol. The van der Waals surface area contributed by atoms with Crippen LogP contribution in [0.4, 0.5) is 5.69 Å². The highest BCUT2D eigenvalue weighted by molar-refractivity contribution is 7.16. The van der Waals surface area contributed by atoms with Gasteiger partial charge in [-0.2, -0.15) is 4.99 Å². The summed E-state index contributed by atoms with van der Waals surface area (Å²) in [6.07, 6.45) is 2.58. The number of rotatable bonds is 6. The number of amides is 1. The maximum atomic E-state index is 12.4. The smallest absolute Gasteiger partial charge is 0.337 e. The van der Waals surface area contributed by atoms with E-state index in [2.05, 4.69) is 4.99 Å². The number of nitrogens with zero attached hydrogens (tertiary/aromatic N) is 3. The Bertz CT molecular complexity index is 1320. The Hall–Kier alpha value is -4.12. The van der Waals surface area contributed by atoms with Gasteiger partial charge in [-0.25, -0.2) is 4.79 Å². The van der Waals surface area contributed by atoms with Crippen LogP contribution in [0.5, 0.6) is 0 Å². The minimum absolute atomic E-state index is 0.0987. The summed E-state index contributed by atoms with van der Waals surface area (Å²) >= 11 is 1.11. The maximum Gasteiger partial charge on any atom is 0.337 e. The molecule has 32 heavy (non-hydrogen) atoms. The van der Waals surface area contributed by atoms with Crippen LogP contribution in [-0.2, 0) is 25.6 Å². The summed E-state index contributed by atoms with van der Waals surface area (Å²) in [5.74, 6) is -1.69. The highest BCUT2D eigenvalue weighted by Crippen LogP contribution is 2.20. The molecule has 2 aromatic carbocycles. The fourth-order valence-corrected chi connectivity index (χ4v) is 3.86. The number of esters is 2. The molecule has 0 aliphatic rings. The van der Waals surface area contributed by atoms with Crippen LogP contribution in [-0.4, -0.2) is 41.6 Å². The number of ether oxygens (including phenoxy) is 2. The normalized spacial score (nSPS) is 11.6. The first kappa shape index (κ1) is 22.6. The van der Waals surface area contributed by atoms with Gasteiger partial charge in [-0.3, -0.25) is 19.7 Å². The van der Waals surface area contributed by atoms with E-state index in [4.69, 9.17) is 9.47 Å². The topological polar surface area (TPSA) is 130 Å². The number of nitro benzene ring substituents is 1. The maximum absolute atomic E-state index is 12.4. The van der Waals surface area contributed by atoms with Crippen molar-refractivity contribution in [1.82, 2.24) is 4.57 Å². The van der Waals surface area contributed by atoms with Crippen LogP contribution in [0, 0.1) is 10.1 Å². The monoisotopic (exact) mass is 455 g/mol. The SMILES string of the molecule is COC(=O)Cn1c(=NC(=O)/C=C/c2cccc([N+](=O)[O-])c2)sc2cc(C(=O)OC)ccc21. The molecule has 3 rings (SSSR count). The summed E-state index contributed by atoms with van der Waals surface area (Å²) in [6.45, 7) is -0.186. The number of carbonyl (C=O) groups is 3. The molecule has 1 amide bonds. The molecule has 0 saturated heterocycles. The van der Waals surface area contributed by atoms with Crippen LogP contribution in [0.15, 0.2) is 53.5 Å². The predicted molar refractivity (Wildman–Crippen MR) is 116 cm³/mol. The number of benzene rings is 2. The van der Waals surface area contributed by atoms with Gasteiger partial charge in [0.15, 0.2) is 4.80 Å². The van der Waals surface area contributed by atoms with Crippen molar-refractivity contribution in [2.24, 2.45) is 4.99 Å². The molecule has 0 saturated carbocycles. The highest BCUT2D eigenvalue weighted by Gasteiger charge is 2.14. The number of nitro groups is 1. The Morgan fingerprint density at radius 2 is 1.94 bits per heavy atom. The fourth-order valence-electron chi connectivity index (χ4n) is 2.79. The zero-order chi connectivity index (χ0) is 23.3. The number of aromatic nitrogens is 1. The number of carbonyl (C=O) groups excluding carboxylic acids is 3. The second kappa shape index (κ2) is 9.79. The van der Waals surface area contributed by atoms with Gasteiger partial charge in [0, 0.05) is 18.2 Å². The van der Waals surface area contributed by atoms with Gasteiger partial charge in [0.05, 0.1) is 34.9 Å². The minimum Gasteiger partial charge on any atom is -0.468 e. The molecule has 0 aliphatic heterocycles. The quantitative estimate of drug-likeness (QED) is 0.242. The summed E-state index contributed by atoms with van der Waals surface area (Å²) in [5, 5.41) is 10.9. The summed E-state index contributed by atoms with van der Waals surface area (Å²) in [7, 11) is 2.52. The molecule has 0 bridgehead atoms. The lowest BCUT2D eigenvalue weighted by Gasteiger charge is -2.04. The summed E-state index contributed by atoms with van der Waals surface area (Å²) in [5.41, 5.74) is 1.26. The summed E-state index contributed by atoms with van der Waals surface area (Å²) < 4.78 is 11.6. The Labute approximate surface area is 185 Å². The molecule has 1 heterocycles. The highest BCUT2D eigenvalue weighted by atomic mass is 32.1. The third-order valence-electron chi connectivity index (χ3n) is 4.32. The number of thiazole rings is 1. The van der Waals surface area contributed by atoms with Crippen LogP contribution in [0.3, 0.4) is 0 Å². The van der Waals surface area contributed by atoms with Crippen molar-refractivity contribution in [2.45, 2.75) is 6.54 Å². The second-order valence-electron chi connectivity index (χ2n) is 6.36. The van der Waals surface area contributed by atoms with Gasteiger partial charge < -0.3 is 14.0 Å². The van der Waals surface area contributed by atoms with Gasteiger partial charge in [0.1, 0.15) is 6.54 Å². The first-order valence-electron chi connectivity index (χ1n) is 9.12. The van der Waals surface area contributed by atoms with Gasteiger partial charge in [-0.15, -0.1) is 0 Å². The van der Waals surface area contributed by atoms with E-state index in [1.807, 2.05) is 0 Å². The van der Waals surface area contributed by atoms with E-state index in [-0.39, 0.29) is 17.0 Å². The lowest BCUT2D eigenvalue weighted by molar-refractivity contribution is -0.384. The third kappa shape index (κ3) is 5.13. The molecule has 164 valence electrons. The van der Waals surface area contributed by atoms with Crippen LogP contribution >= 0.6 is 11.3 Å². The largest absolute Gasteiger partial charge is 0.468 e. The van der Waals surface area contributed by atoms with Crippen LogP contribution < -0.4 is 4.80 Å². The molecule has 1 aromatic heterocycles. The number of hydrogen-bond donors (Lipinski definition) is 0. The average Bonchev–Trinajstić information content (AvgIpc) is 3.12. The Balaban J connectivity index is 2.01. The molecule has 11 heteroatoms. The van der Waals surface area contributed by atoms with Crippen molar-refractivity contribution < 1.29 is 28.8 Å². The van der Waals surface area contributed by atoms with Crippen LogP contribution in [0.25, 0.3) is 16.3 Å². The molecule has 3 aromatic rings. The van der Waals surface area contributed by atoms with Crippen molar-refractivity contribution in [3.05, 3.63) is 74.6 Å². The van der Waals surface area contributed by atoms with Gasteiger partial charge in [-0.1, -0.05) is 23.5 Å². The fraction of sp³-hybridized carbons (Fsp3) is 0.143. The first-order valence-corrected chi connectivity index (χ1v) is 9.93. The van der Waals surface area contributed by atoms with E-state index in [1.54, 1.807) is 24.3 Å². The number of hydrogen-bond acceptors (Lipinski definition) is 8. The minimum atomic E-state index is -0.630. The summed E-state index contributed by atoms with van der Waals surface area (Å²) in [6, 6.07) is 10.6. The van der Waals surface area contributed by atoms with Gasteiger partial charge in [0.2, 0.25) is 0 Å².